The standard InChI is InChI=1S/C18H16F3N4O3P/c1-2-27-17(26)23-14-8-3-11(9-15(14)29)16-22-10-25(24-16)12-4-6-13(7-5-12)28-18(19,20)21/h3-10H,2,29H2,1H3,(H,23,26). The zero-order chi connectivity index (χ0) is 21.0. The molecule has 0 saturated carbocycles. The second-order valence-corrected chi connectivity index (χ2v) is 6.32. The van der Waals surface area contributed by atoms with Crippen molar-refractivity contribution in [1.29, 1.82) is 0 Å². The lowest BCUT2D eigenvalue weighted by Gasteiger charge is -2.09. The number of halogens is 3. The van der Waals surface area contributed by atoms with E-state index in [0.717, 1.165) is 0 Å². The summed E-state index contributed by atoms with van der Waals surface area (Å²) in [6.07, 6.45) is -3.85. The van der Waals surface area contributed by atoms with Gasteiger partial charge in [-0.2, -0.15) is 0 Å². The highest BCUT2D eigenvalue weighted by molar-refractivity contribution is 7.28. The minimum Gasteiger partial charge on any atom is -0.450 e. The van der Waals surface area contributed by atoms with Crippen LogP contribution in [0.15, 0.2) is 48.8 Å². The SMILES string of the molecule is CCOC(=O)Nc1ccc(-c2ncn(-c3ccc(OC(F)(F)F)cc3)n2)cc1P. The van der Waals surface area contributed by atoms with Gasteiger partial charge in [-0.15, -0.1) is 27.5 Å². The van der Waals surface area contributed by atoms with E-state index in [1.54, 1.807) is 25.1 Å². The minimum absolute atomic E-state index is 0.265. The van der Waals surface area contributed by atoms with Crippen molar-refractivity contribution < 1.29 is 27.4 Å². The molecule has 0 radical (unpaired) electrons. The van der Waals surface area contributed by atoms with Crippen LogP contribution in [0.5, 0.6) is 5.75 Å². The number of benzene rings is 2. The van der Waals surface area contributed by atoms with E-state index in [2.05, 4.69) is 29.4 Å². The third-order valence-electron chi connectivity index (χ3n) is 3.65. The fourth-order valence-electron chi connectivity index (χ4n) is 2.41. The van der Waals surface area contributed by atoms with E-state index >= 15 is 0 Å². The second kappa shape index (κ2) is 8.48. The molecule has 29 heavy (non-hydrogen) atoms. The van der Waals surface area contributed by atoms with Crippen LogP contribution in [0.2, 0.25) is 0 Å². The molecule has 0 aliphatic rings. The molecule has 7 nitrogen and oxygen atoms in total. The fraction of sp³-hybridized carbons (Fsp3) is 0.167. The fourth-order valence-corrected chi connectivity index (χ4v) is 2.76. The lowest BCUT2D eigenvalue weighted by Crippen LogP contribution is -2.17. The number of hydrogen-bond acceptors (Lipinski definition) is 5. The van der Waals surface area contributed by atoms with Gasteiger partial charge in [0.25, 0.3) is 0 Å². The van der Waals surface area contributed by atoms with Crippen molar-refractivity contribution in [3.63, 3.8) is 0 Å². The van der Waals surface area contributed by atoms with E-state index in [-0.39, 0.29) is 12.4 Å². The lowest BCUT2D eigenvalue weighted by molar-refractivity contribution is -0.274. The van der Waals surface area contributed by atoms with Gasteiger partial charge >= 0.3 is 12.5 Å². The van der Waals surface area contributed by atoms with Crippen LogP contribution < -0.4 is 15.4 Å². The van der Waals surface area contributed by atoms with Crippen LogP contribution >= 0.6 is 9.24 Å². The summed E-state index contributed by atoms with van der Waals surface area (Å²) < 4.78 is 46.9. The number of amides is 1. The molecule has 1 heterocycles. The van der Waals surface area contributed by atoms with E-state index < -0.39 is 12.5 Å². The third kappa shape index (κ3) is 5.45. The molecule has 0 spiro atoms. The van der Waals surface area contributed by atoms with E-state index in [0.29, 0.717) is 28.1 Å². The Morgan fingerprint density at radius 2 is 1.93 bits per heavy atom. The van der Waals surface area contributed by atoms with Gasteiger partial charge in [0.15, 0.2) is 5.82 Å². The zero-order valence-corrected chi connectivity index (χ0v) is 16.3. The topological polar surface area (TPSA) is 78.3 Å². The van der Waals surface area contributed by atoms with Gasteiger partial charge in [-0.25, -0.2) is 14.5 Å². The highest BCUT2D eigenvalue weighted by Gasteiger charge is 2.31. The van der Waals surface area contributed by atoms with Crippen LogP contribution in [0.3, 0.4) is 0 Å². The van der Waals surface area contributed by atoms with E-state index in [4.69, 9.17) is 4.74 Å². The summed E-state index contributed by atoms with van der Waals surface area (Å²) in [6, 6.07) is 10.5. The summed E-state index contributed by atoms with van der Waals surface area (Å²) in [5.41, 5.74) is 1.78. The second-order valence-electron chi connectivity index (χ2n) is 5.70. The summed E-state index contributed by atoms with van der Waals surface area (Å²) in [5, 5.41) is 7.67. The highest BCUT2D eigenvalue weighted by atomic mass is 31.0. The number of alkyl halides is 3. The van der Waals surface area contributed by atoms with Crippen molar-refractivity contribution >= 4 is 26.3 Å². The predicted octanol–water partition coefficient (Wildman–Crippen LogP) is 3.90. The molecule has 0 saturated heterocycles. The van der Waals surface area contributed by atoms with Crippen molar-refractivity contribution in [2.24, 2.45) is 0 Å². The maximum Gasteiger partial charge on any atom is 0.573 e. The molecule has 1 aromatic heterocycles. The molecule has 1 N–H and O–H groups in total. The minimum atomic E-state index is -4.74. The van der Waals surface area contributed by atoms with Crippen molar-refractivity contribution in [2.45, 2.75) is 13.3 Å². The first-order chi connectivity index (χ1) is 13.7. The van der Waals surface area contributed by atoms with Crippen LogP contribution in [0.4, 0.5) is 23.7 Å². The van der Waals surface area contributed by atoms with Crippen molar-refractivity contribution in [3.8, 4) is 22.8 Å². The highest BCUT2D eigenvalue weighted by Crippen LogP contribution is 2.24. The molecule has 11 heteroatoms. The van der Waals surface area contributed by atoms with E-state index in [9.17, 15) is 18.0 Å². The summed E-state index contributed by atoms with van der Waals surface area (Å²) in [4.78, 5) is 15.8. The monoisotopic (exact) mass is 424 g/mol. The Balaban J connectivity index is 1.76. The zero-order valence-electron chi connectivity index (χ0n) is 15.1. The smallest absolute Gasteiger partial charge is 0.450 e. The van der Waals surface area contributed by atoms with Gasteiger partial charge in [0.2, 0.25) is 0 Å². The summed E-state index contributed by atoms with van der Waals surface area (Å²) >= 11 is 0. The van der Waals surface area contributed by atoms with Crippen LogP contribution in [-0.2, 0) is 4.74 Å². The number of nitrogens with one attached hydrogen (secondary N) is 1. The number of anilines is 1. The van der Waals surface area contributed by atoms with E-state index in [1.165, 1.54) is 35.3 Å². The lowest BCUT2D eigenvalue weighted by atomic mass is 10.2. The molecule has 0 aliphatic carbocycles. The number of carbonyl (C=O) groups excluding carboxylic acids is 1. The Kier molecular flexibility index (Phi) is 6.03. The van der Waals surface area contributed by atoms with Gasteiger partial charge in [0, 0.05) is 5.56 Å². The molecule has 1 atom stereocenters. The normalized spacial score (nSPS) is 11.2. The van der Waals surface area contributed by atoms with Crippen molar-refractivity contribution in [3.05, 3.63) is 48.8 Å². The largest absolute Gasteiger partial charge is 0.573 e. The molecule has 3 aromatic rings. The number of ether oxygens (including phenoxy) is 2. The van der Waals surface area contributed by atoms with Gasteiger partial charge in [0.05, 0.1) is 18.0 Å². The average molecular weight is 424 g/mol. The average Bonchev–Trinajstić information content (AvgIpc) is 3.13. The molecule has 152 valence electrons. The molecular weight excluding hydrogens is 408 g/mol. The molecular formula is C18H16F3N4O3P. The van der Waals surface area contributed by atoms with Crippen LogP contribution in [0.1, 0.15) is 6.92 Å². The molecule has 1 amide bonds. The van der Waals surface area contributed by atoms with Crippen molar-refractivity contribution in [1.82, 2.24) is 14.8 Å². The molecule has 1 unspecified atom stereocenters. The molecule has 0 aliphatic heterocycles. The van der Waals surface area contributed by atoms with Gasteiger partial charge in [0.1, 0.15) is 12.1 Å². The van der Waals surface area contributed by atoms with Gasteiger partial charge in [-0.05, 0) is 54.7 Å². The first-order valence-corrected chi connectivity index (χ1v) is 8.94. The Hall–Kier alpha value is -3.13. The number of nitrogens with zero attached hydrogens (tertiary/aromatic N) is 3. The summed E-state index contributed by atoms with van der Waals surface area (Å²) in [5.74, 6) is 0.0888. The number of hydrogen-bond donors (Lipinski definition) is 1. The van der Waals surface area contributed by atoms with Gasteiger partial charge < -0.3 is 9.47 Å². The first kappa shape index (κ1) is 20.6. The summed E-state index contributed by atoms with van der Waals surface area (Å²) in [7, 11) is 2.51. The quantitative estimate of drug-likeness (QED) is 0.629. The molecule has 0 fully saturated rings. The van der Waals surface area contributed by atoms with E-state index in [1.807, 2.05) is 0 Å². The molecule has 3 rings (SSSR count). The third-order valence-corrected chi connectivity index (χ3v) is 4.13. The van der Waals surface area contributed by atoms with Crippen LogP contribution in [-0.4, -0.2) is 33.8 Å². The first-order valence-electron chi connectivity index (χ1n) is 8.36. The maximum atomic E-state index is 12.2. The predicted molar refractivity (Wildman–Crippen MR) is 103 cm³/mol. The Bertz CT molecular complexity index is 1010. The number of carbonyl (C=O) groups is 1. The summed E-state index contributed by atoms with van der Waals surface area (Å²) in [6.45, 7) is 1.98. The van der Waals surface area contributed by atoms with Crippen molar-refractivity contribution in [2.75, 3.05) is 11.9 Å². The Morgan fingerprint density at radius 3 is 2.55 bits per heavy atom. The van der Waals surface area contributed by atoms with Crippen LogP contribution in [0.25, 0.3) is 17.1 Å². The molecule has 2 aromatic carbocycles. The van der Waals surface area contributed by atoms with Gasteiger partial charge in [-0.3, -0.25) is 5.32 Å². The van der Waals surface area contributed by atoms with Gasteiger partial charge in [-0.1, -0.05) is 0 Å². The molecule has 0 bridgehead atoms. The maximum absolute atomic E-state index is 12.2. The Morgan fingerprint density at radius 1 is 1.21 bits per heavy atom. The number of rotatable bonds is 5. The Labute approximate surface area is 166 Å². The van der Waals surface area contributed by atoms with Crippen LogP contribution in [0, 0.1) is 0 Å². The number of aromatic nitrogens is 3.